The summed E-state index contributed by atoms with van der Waals surface area (Å²) >= 11 is 5.93. The van der Waals surface area contributed by atoms with Gasteiger partial charge in [0.25, 0.3) is 0 Å². The topological polar surface area (TPSA) is 55.4 Å². The molecule has 0 bridgehead atoms. The highest BCUT2D eigenvalue weighted by Gasteiger charge is 2.11. The molecule has 0 radical (unpaired) electrons. The van der Waals surface area contributed by atoms with Crippen LogP contribution in [0, 0.1) is 0 Å². The molecule has 20 heavy (non-hydrogen) atoms. The number of amides is 1. The van der Waals surface area contributed by atoms with E-state index in [0.29, 0.717) is 23.7 Å². The molecular weight excluding hydrogens is 278 g/mol. The summed E-state index contributed by atoms with van der Waals surface area (Å²) < 4.78 is 5.30. The number of ketones is 1. The Kier molecular flexibility index (Phi) is 7.26. The van der Waals surface area contributed by atoms with Gasteiger partial charge in [-0.3, -0.25) is 9.59 Å². The van der Waals surface area contributed by atoms with E-state index >= 15 is 0 Å². The Balaban J connectivity index is 2.27. The van der Waals surface area contributed by atoms with Crippen LogP contribution in [0.15, 0.2) is 24.3 Å². The number of ether oxygens (including phenoxy) is 1. The molecule has 0 aliphatic rings. The molecule has 4 nitrogen and oxygen atoms in total. The Morgan fingerprint density at radius 2 is 1.95 bits per heavy atom. The van der Waals surface area contributed by atoms with Gasteiger partial charge < -0.3 is 10.1 Å². The summed E-state index contributed by atoms with van der Waals surface area (Å²) in [5.41, 5.74) is 0.463. The molecule has 5 heteroatoms. The second-order valence-electron chi connectivity index (χ2n) is 4.67. The first kappa shape index (κ1) is 16.7. The van der Waals surface area contributed by atoms with Crippen molar-refractivity contribution in [3.63, 3.8) is 0 Å². The summed E-state index contributed by atoms with van der Waals surface area (Å²) in [6.07, 6.45) is 0.459. The summed E-state index contributed by atoms with van der Waals surface area (Å²) in [4.78, 5) is 23.5. The van der Waals surface area contributed by atoms with Crippen molar-refractivity contribution < 1.29 is 14.3 Å². The molecular formula is C15H20ClNO3. The standard InChI is InChI=1S/C15H20ClNO3/c1-11(2)20-10-9-17-15(19)8-7-14(18)12-5-3-4-6-13(12)16/h3-6,11H,7-10H2,1-2H3,(H,17,19). The molecule has 0 aliphatic carbocycles. The molecule has 1 aromatic rings. The third kappa shape index (κ3) is 6.17. The molecule has 0 atom stereocenters. The first-order chi connectivity index (χ1) is 9.50. The van der Waals surface area contributed by atoms with Gasteiger partial charge in [0.05, 0.1) is 17.7 Å². The van der Waals surface area contributed by atoms with E-state index in [4.69, 9.17) is 16.3 Å². The summed E-state index contributed by atoms with van der Waals surface area (Å²) in [6.45, 7) is 4.80. The van der Waals surface area contributed by atoms with E-state index in [1.165, 1.54) is 0 Å². The lowest BCUT2D eigenvalue weighted by Crippen LogP contribution is -2.28. The number of Topliss-reactive ketones (excluding diaryl/α,β-unsaturated/α-hetero) is 1. The van der Waals surface area contributed by atoms with Crippen LogP contribution in [0.4, 0.5) is 0 Å². The highest BCUT2D eigenvalue weighted by Crippen LogP contribution is 2.17. The Hall–Kier alpha value is -1.39. The lowest BCUT2D eigenvalue weighted by Gasteiger charge is -2.08. The van der Waals surface area contributed by atoms with Crippen molar-refractivity contribution in [3.8, 4) is 0 Å². The predicted octanol–water partition coefficient (Wildman–Crippen LogP) is 2.84. The second kappa shape index (κ2) is 8.72. The van der Waals surface area contributed by atoms with Crippen molar-refractivity contribution in [3.05, 3.63) is 34.9 Å². The fourth-order valence-electron chi connectivity index (χ4n) is 1.62. The smallest absolute Gasteiger partial charge is 0.220 e. The van der Waals surface area contributed by atoms with Gasteiger partial charge in [-0.05, 0) is 26.0 Å². The number of benzene rings is 1. The number of carbonyl (C=O) groups is 2. The number of nitrogens with one attached hydrogen (secondary N) is 1. The molecule has 0 aromatic heterocycles. The number of hydrogen-bond donors (Lipinski definition) is 1. The van der Waals surface area contributed by atoms with E-state index in [1.54, 1.807) is 24.3 Å². The number of hydrogen-bond acceptors (Lipinski definition) is 3. The number of rotatable bonds is 8. The molecule has 0 unspecified atom stereocenters. The molecule has 0 spiro atoms. The van der Waals surface area contributed by atoms with E-state index in [0.717, 1.165) is 0 Å². The molecule has 1 amide bonds. The van der Waals surface area contributed by atoms with Crippen LogP contribution in [0.5, 0.6) is 0 Å². The zero-order chi connectivity index (χ0) is 15.0. The summed E-state index contributed by atoms with van der Waals surface area (Å²) in [5.74, 6) is -0.276. The molecule has 1 N–H and O–H groups in total. The van der Waals surface area contributed by atoms with E-state index in [2.05, 4.69) is 5.32 Å². The van der Waals surface area contributed by atoms with Crippen molar-refractivity contribution in [1.29, 1.82) is 0 Å². The molecule has 110 valence electrons. The maximum atomic E-state index is 11.9. The zero-order valence-electron chi connectivity index (χ0n) is 11.8. The Morgan fingerprint density at radius 3 is 2.60 bits per heavy atom. The molecule has 0 fully saturated rings. The van der Waals surface area contributed by atoms with Gasteiger partial charge in [0.1, 0.15) is 0 Å². The molecule has 1 rings (SSSR count). The fourth-order valence-corrected chi connectivity index (χ4v) is 1.86. The summed E-state index contributed by atoms with van der Waals surface area (Å²) in [7, 11) is 0. The van der Waals surface area contributed by atoms with Crippen molar-refractivity contribution in [2.45, 2.75) is 32.8 Å². The molecule has 0 heterocycles. The van der Waals surface area contributed by atoms with Gasteiger partial charge in [-0.25, -0.2) is 0 Å². The summed E-state index contributed by atoms with van der Waals surface area (Å²) in [5, 5.41) is 3.13. The fraction of sp³-hybridized carbons (Fsp3) is 0.467. The van der Waals surface area contributed by atoms with Crippen LogP contribution in [0.1, 0.15) is 37.0 Å². The number of carbonyl (C=O) groups excluding carboxylic acids is 2. The zero-order valence-corrected chi connectivity index (χ0v) is 12.6. The third-order valence-electron chi connectivity index (χ3n) is 2.63. The Labute approximate surface area is 124 Å². The average Bonchev–Trinajstić information content (AvgIpc) is 2.41. The van der Waals surface area contributed by atoms with Crippen LogP contribution in [0.3, 0.4) is 0 Å². The van der Waals surface area contributed by atoms with Crippen LogP contribution >= 0.6 is 11.6 Å². The summed E-state index contributed by atoms with van der Waals surface area (Å²) in [6, 6.07) is 6.85. The van der Waals surface area contributed by atoms with E-state index in [-0.39, 0.29) is 30.6 Å². The van der Waals surface area contributed by atoms with Crippen molar-refractivity contribution in [2.75, 3.05) is 13.2 Å². The molecule has 0 saturated carbocycles. The minimum absolute atomic E-state index is 0.121. The highest BCUT2D eigenvalue weighted by molar-refractivity contribution is 6.34. The minimum atomic E-state index is -0.155. The van der Waals surface area contributed by atoms with E-state index < -0.39 is 0 Å². The lowest BCUT2D eigenvalue weighted by atomic mass is 10.1. The normalized spacial score (nSPS) is 10.6. The minimum Gasteiger partial charge on any atom is -0.377 e. The SMILES string of the molecule is CC(C)OCCNC(=O)CCC(=O)c1ccccc1Cl. The van der Waals surface area contributed by atoms with Crippen LogP contribution in [0.2, 0.25) is 5.02 Å². The van der Waals surface area contributed by atoms with Crippen LogP contribution < -0.4 is 5.32 Å². The molecule has 1 aromatic carbocycles. The van der Waals surface area contributed by atoms with E-state index in [9.17, 15) is 9.59 Å². The Bertz CT molecular complexity index is 460. The van der Waals surface area contributed by atoms with Crippen molar-refractivity contribution >= 4 is 23.3 Å². The van der Waals surface area contributed by atoms with E-state index in [1.807, 2.05) is 13.8 Å². The average molecular weight is 298 g/mol. The maximum absolute atomic E-state index is 11.9. The first-order valence-electron chi connectivity index (χ1n) is 6.66. The third-order valence-corrected chi connectivity index (χ3v) is 2.96. The quantitative estimate of drug-likeness (QED) is 0.593. The first-order valence-corrected chi connectivity index (χ1v) is 7.04. The lowest BCUT2D eigenvalue weighted by molar-refractivity contribution is -0.121. The molecule has 0 saturated heterocycles. The second-order valence-corrected chi connectivity index (χ2v) is 5.08. The van der Waals surface area contributed by atoms with Gasteiger partial charge >= 0.3 is 0 Å². The largest absolute Gasteiger partial charge is 0.377 e. The van der Waals surface area contributed by atoms with Gasteiger partial charge in [0, 0.05) is 24.9 Å². The monoisotopic (exact) mass is 297 g/mol. The Morgan fingerprint density at radius 1 is 1.25 bits per heavy atom. The predicted molar refractivity (Wildman–Crippen MR) is 79.1 cm³/mol. The van der Waals surface area contributed by atoms with Gasteiger partial charge in [0.2, 0.25) is 5.91 Å². The van der Waals surface area contributed by atoms with Crippen LogP contribution in [0.25, 0.3) is 0 Å². The maximum Gasteiger partial charge on any atom is 0.220 e. The highest BCUT2D eigenvalue weighted by atomic mass is 35.5. The molecule has 0 aliphatic heterocycles. The van der Waals surface area contributed by atoms with Gasteiger partial charge in [-0.1, -0.05) is 23.7 Å². The van der Waals surface area contributed by atoms with Crippen molar-refractivity contribution in [1.82, 2.24) is 5.32 Å². The van der Waals surface area contributed by atoms with Gasteiger partial charge in [0.15, 0.2) is 5.78 Å². The van der Waals surface area contributed by atoms with Crippen molar-refractivity contribution in [2.24, 2.45) is 0 Å². The van der Waals surface area contributed by atoms with Crippen LogP contribution in [-0.2, 0) is 9.53 Å². The van der Waals surface area contributed by atoms with Gasteiger partial charge in [-0.2, -0.15) is 0 Å². The van der Waals surface area contributed by atoms with Crippen LogP contribution in [-0.4, -0.2) is 30.9 Å². The number of halogens is 1. The van der Waals surface area contributed by atoms with Gasteiger partial charge in [-0.15, -0.1) is 0 Å².